The van der Waals surface area contributed by atoms with Crippen molar-refractivity contribution in [2.75, 3.05) is 13.2 Å². The quantitative estimate of drug-likeness (QED) is 0.674. The van der Waals surface area contributed by atoms with Gasteiger partial charge < -0.3 is 14.6 Å². The summed E-state index contributed by atoms with van der Waals surface area (Å²) in [5, 5.41) is 8.67. The molecule has 1 aliphatic carbocycles. The summed E-state index contributed by atoms with van der Waals surface area (Å²) in [6, 6.07) is 0. The van der Waals surface area contributed by atoms with Crippen molar-refractivity contribution in [1.29, 1.82) is 0 Å². The van der Waals surface area contributed by atoms with Crippen LogP contribution in [0, 0.1) is 0 Å². The molecule has 14 heavy (non-hydrogen) atoms. The summed E-state index contributed by atoms with van der Waals surface area (Å²) >= 11 is 0. The molecule has 1 aliphatic heterocycles. The van der Waals surface area contributed by atoms with Gasteiger partial charge in [-0.05, 0) is 12.5 Å². The number of aliphatic carboxylic acids is 1. The Balaban J connectivity index is 1.77. The minimum absolute atomic E-state index is 0.00213. The minimum atomic E-state index is -0.884. The van der Waals surface area contributed by atoms with E-state index in [-0.39, 0.29) is 12.2 Å². The van der Waals surface area contributed by atoms with Crippen LogP contribution in [0.15, 0.2) is 23.8 Å². The molecule has 0 saturated carbocycles. The third-order valence-electron chi connectivity index (χ3n) is 2.21. The van der Waals surface area contributed by atoms with Gasteiger partial charge in [-0.15, -0.1) is 0 Å². The standard InChI is InChI=1S/C10H12O4/c11-10(12)7-1-3-8(4-2-7)13-5-9-6-14-9/h1-3,8-9H,4-6H2,(H,11,12). The maximum Gasteiger partial charge on any atom is 0.335 e. The van der Waals surface area contributed by atoms with Gasteiger partial charge in [0, 0.05) is 0 Å². The van der Waals surface area contributed by atoms with Gasteiger partial charge >= 0.3 is 5.97 Å². The lowest BCUT2D eigenvalue weighted by molar-refractivity contribution is -0.132. The topological polar surface area (TPSA) is 59.1 Å². The normalized spacial score (nSPS) is 29.9. The van der Waals surface area contributed by atoms with Gasteiger partial charge in [0.1, 0.15) is 6.10 Å². The van der Waals surface area contributed by atoms with E-state index in [0.29, 0.717) is 18.6 Å². The molecule has 0 radical (unpaired) electrons. The van der Waals surface area contributed by atoms with Crippen LogP contribution in [0.2, 0.25) is 0 Å². The number of hydrogen-bond acceptors (Lipinski definition) is 3. The van der Waals surface area contributed by atoms with Gasteiger partial charge in [-0.2, -0.15) is 0 Å². The average molecular weight is 196 g/mol. The van der Waals surface area contributed by atoms with Crippen molar-refractivity contribution in [2.24, 2.45) is 0 Å². The van der Waals surface area contributed by atoms with E-state index in [1.807, 2.05) is 0 Å². The third kappa shape index (κ3) is 2.43. The van der Waals surface area contributed by atoms with E-state index in [4.69, 9.17) is 14.6 Å². The van der Waals surface area contributed by atoms with Crippen LogP contribution in [0.1, 0.15) is 6.42 Å². The second-order valence-electron chi connectivity index (χ2n) is 3.39. The number of carboxylic acids is 1. The molecule has 1 heterocycles. The number of carbonyl (C=O) groups is 1. The maximum atomic E-state index is 10.6. The molecule has 2 aliphatic rings. The van der Waals surface area contributed by atoms with Crippen molar-refractivity contribution < 1.29 is 19.4 Å². The van der Waals surface area contributed by atoms with E-state index < -0.39 is 5.97 Å². The van der Waals surface area contributed by atoms with E-state index in [2.05, 4.69) is 0 Å². The smallest absolute Gasteiger partial charge is 0.335 e. The first-order valence-electron chi connectivity index (χ1n) is 4.60. The summed E-state index contributed by atoms with van der Waals surface area (Å²) in [6.45, 7) is 1.39. The summed E-state index contributed by atoms with van der Waals surface area (Å²) in [5.74, 6) is -0.884. The molecule has 0 aromatic rings. The Labute approximate surface area is 81.8 Å². The van der Waals surface area contributed by atoms with Gasteiger partial charge in [0.05, 0.1) is 24.9 Å². The van der Waals surface area contributed by atoms with Gasteiger partial charge in [0.25, 0.3) is 0 Å². The molecule has 1 fully saturated rings. The van der Waals surface area contributed by atoms with Crippen LogP contribution in [0.25, 0.3) is 0 Å². The lowest BCUT2D eigenvalue weighted by atomic mass is 10.1. The van der Waals surface area contributed by atoms with Crippen LogP contribution < -0.4 is 0 Å². The highest BCUT2D eigenvalue weighted by molar-refractivity contribution is 5.90. The average Bonchev–Trinajstić information content (AvgIpc) is 2.99. The van der Waals surface area contributed by atoms with Crippen molar-refractivity contribution >= 4 is 5.97 Å². The van der Waals surface area contributed by atoms with Crippen LogP contribution >= 0.6 is 0 Å². The molecule has 2 rings (SSSR count). The van der Waals surface area contributed by atoms with Crippen molar-refractivity contribution in [3.05, 3.63) is 23.8 Å². The molecule has 0 amide bonds. The molecule has 2 atom stereocenters. The Morgan fingerprint density at radius 3 is 3.00 bits per heavy atom. The lowest BCUT2D eigenvalue weighted by Crippen LogP contribution is -2.16. The van der Waals surface area contributed by atoms with E-state index >= 15 is 0 Å². The fourth-order valence-corrected chi connectivity index (χ4v) is 1.28. The zero-order chi connectivity index (χ0) is 9.97. The maximum absolute atomic E-state index is 10.6. The van der Waals surface area contributed by atoms with Gasteiger partial charge in [-0.25, -0.2) is 4.79 Å². The molecule has 0 spiro atoms. The Kier molecular flexibility index (Phi) is 2.65. The van der Waals surface area contributed by atoms with Crippen LogP contribution in [0.3, 0.4) is 0 Å². The zero-order valence-corrected chi connectivity index (χ0v) is 7.68. The molecule has 4 nitrogen and oxygen atoms in total. The number of ether oxygens (including phenoxy) is 2. The Bertz CT molecular complexity index is 288. The summed E-state index contributed by atoms with van der Waals surface area (Å²) in [6.07, 6.45) is 5.94. The highest BCUT2D eigenvalue weighted by atomic mass is 16.6. The molecule has 76 valence electrons. The van der Waals surface area contributed by atoms with Crippen LogP contribution in [0.5, 0.6) is 0 Å². The molecule has 1 N–H and O–H groups in total. The van der Waals surface area contributed by atoms with E-state index in [0.717, 1.165) is 6.61 Å². The van der Waals surface area contributed by atoms with Crippen LogP contribution in [0.4, 0.5) is 0 Å². The summed E-state index contributed by atoms with van der Waals surface area (Å²) < 4.78 is 10.5. The SMILES string of the molecule is O=C(O)C1=CCC(OCC2CO2)C=C1. The molecule has 1 saturated heterocycles. The van der Waals surface area contributed by atoms with E-state index in [9.17, 15) is 4.79 Å². The van der Waals surface area contributed by atoms with Crippen molar-refractivity contribution in [1.82, 2.24) is 0 Å². The largest absolute Gasteiger partial charge is 0.478 e. The Morgan fingerprint density at radius 2 is 2.50 bits per heavy atom. The molecular weight excluding hydrogens is 184 g/mol. The van der Waals surface area contributed by atoms with E-state index in [1.54, 1.807) is 18.2 Å². The Hall–Kier alpha value is -1.13. The first kappa shape index (κ1) is 9.43. The molecular formula is C10H12O4. The fourth-order valence-electron chi connectivity index (χ4n) is 1.28. The molecule has 0 aromatic heterocycles. The predicted molar refractivity (Wildman–Crippen MR) is 49.0 cm³/mol. The van der Waals surface area contributed by atoms with Gasteiger partial charge in [0.15, 0.2) is 0 Å². The summed E-state index contributed by atoms with van der Waals surface area (Å²) in [4.78, 5) is 10.6. The zero-order valence-electron chi connectivity index (χ0n) is 7.68. The van der Waals surface area contributed by atoms with Crippen LogP contribution in [-0.2, 0) is 14.3 Å². The molecule has 4 heteroatoms. The second kappa shape index (κ2) is 3.94. The highest BCUT2D eigenvalue weighted by Gasteiger charge is 2.24. The number of carboxylic acid groups (broad SMARTS) is 1. The molecule has 2 unspecified atom stereocenters. The molecule has 0 aromatic carbocycles. The van der Waals surface area contributed by atoms with Crippen molar-refractivity contribution in [2.45, 2.75) is 18.6 Å². The van der Waals surface area contributed by atoms with E-state index in [1.165, 1.54) is 0 Å². The highest BCUT2D eigenvalue weighted by Crippen LogP contribution is 2.16. The van der Waals surface area contributed by atoms with Crippen LogP contribution in [-0.4, -0.2) is 36.5 Å². The second-order valence-corrected chi connectivity index (χ2v) is 3.39. The first-order chi connectivity index (χ1) is 6.75. The summed E-state index contributed by atoms with van der Waals surface area (Å²) in [7, 11) is 0. The Morgan fingerprint density at radius 1 is 1.71 bits per heavy atom. The van der Waals surface area contributed by atoms with Gasteiger partial charge in [-0.1, -0.05) is 12.2 Å². The predicted octanol–water partition coefficient (Wildman–Crippen LogP) is 0.741. The first-order valence-corrected chi connectivity index (χ1v) is 4.60. The van der Waals surface area contributed by atoms with Gasteiger partial charge in [-0.3, -0.25) is 0 Å². The number of rotatable bonds is 4. The minimum Gasteiger partial charge on any atom is -0.478 e. The number of epoxide rings is 1. The monoisotopic (exact) mass is 196 g/mol. The third-order valence-corrected chi connectivity index (χ3v) is 2.21. The van der Waals surface area contributed by atoms with Gasteiger partial charge in [0.2, 0.25) is 0 Å². The van der Waals surface area contributed by atoms with Crippen molar-refractivity contribution in [3.8, 4) is 0 Å². The van der Waals surface area contributed by atoms with Crippen molar-refractivity contribution in [3.63, 3.8) is 0 Å². The summed E-state index contributed by atoms with van der Waals surface area (Å²) in [5.41, 5.74) is 0.340. The fraction of sp³-hybridized carbons (Fsp3) is 0.500. The lowest BCUT2D eigenvalue weighted by Gasteiger charge is -2.14. The number of hydrogen-bond donors (Lipinski definition) is 1. The molecule has 0 bridgehead atoms.